The van der Waals surface area contributed by atoms with Gasteiger partial charge in [-0.1, -0.05) is 6.07 Å². The summed E-state index contributed by atoms with van der Waals surface area (Å²) in [5.41, 5.74) is 6.74. The summed E-state index contributed by atoms with van der Waals surface area (Å²) in [6.45, 7) is 1.73. The Labute approximate surface area is 86.0 Å². The second kappa shape index (κ2) is 3.34. The van der Waals surface area contributed by atoms with E-state index in [1.807, 2.05) is 0 Å². The summed E-state index contributed by atoms with van der Waals surface area (Å²) >= 11 is 0. The summed E-state index contributed by atoms with van der Waals surface area (Å²) in [4.78, 5) is 15.4. The zero-order chi connectivity index (χ0) is 11.0. The molecule has 5 heteroatoms. The Balaban J connectivity index is 2.42. The van der Waals surface area contributed by atoms with E-state index in [1.54, 1.807) is 13.0 Å². The fourth-order valence-electron chi connectivity index (χ4n) is 1.58. The molecule has 0 saturated heterocycles. The maximum atomic E-state index is 12.8. The molecular formula is C10H10FN3O. The lowest BCUT2D eigenvalue weighted by Crippen LogP contribution is -2.31. The summed E-state index contributed by atoms with van der Waals surface area (Å²) in [5, 5.41) is 2.40. The molecule has 1 aliphatic rings. The highest BCUT2D eigenvalue weighted by Gasteiger charge is 2.27. The molecule has 4 nitrogen and oxygen atoms in total. The summed E-state index contributed by atoms with van der Waals surface area (Å²) in [6, 6.07) is 3.58. The molecule has 1 amide bonds. The Morgan fingerprint density at radius 3 is 2.80 bits per heavy atom. The van der Waals surface area contributed by atoms with Gasteiger partial charge in [0.15, 0.2) is 12.0 Å². The van der Waals surface area contributed by atoms with Crippen molar-refractivity contribution in [2.24, 2.45) is 10.7 Å². The zero-order valence-electron chi connectivity index (χ0n) is 8.12. The number of amides is 1. The Bertz CT molecular complexity index is 456. The number of nitrogens with two attached hydrogens (primary N) is 1. The molecule has 1 atom stereocenters. The molecule has 2 rings (SSSR count). The van der Waals surface area contributed by atoms with Gasteiger partial charge in [-0.25, -0.2) is 9.38 Å². The third kappa shape index (κ3) is 1.68. The second-order valence-corrected chi connectivity index (χ2v) is 3.41. The summed E-state index contributed by atoms with van der Waals surface area (Å²) in [5.74, 6) is -0.498. The molecule has 15 heavy (non-hydrogen) atoms. The predicted molar refractivity (Wildman–Crippen MR) is 53.6 cm³/mol. The van der Waals surface area contributed by atoms with Gasteiger partial charge in [0.2, 0.25) is 0 Å². The van der Waals surface area contributed by atoms with Crippen LogP contribution in [0.25, 0.3) is 0 Å². The van der Waals surface area contributed by atoms with Crippen LogP contribution in [0.2, 0.25) is 0 Å². The number of aliphatic imine (C=N–C) groups is 1. The molecule has 1 unspecified atom stereocenters. The van der Waals surface area contributed by atoms with Crippen molar-refractivity contribution in [2.75, 3.05) is 0 Å². The third-order valence-electron chi connectivity index (χ3n) is 2.29. The van der Waals surface area contributed by atoms with Crippen LogP contribution in [0.5, 0.6) is 0 Å². The third-order valence-corrected chi connectivity index (χ3v) is 2.29. The van der Waals surface area contributed by atoms with E-state index >= 15 is 0 Å². The van der Waals surface area contributed by atoms with Crippen molar-refractivity contribution in [1.29, 1.82) is 0 Å². The van der Waals surface area contributed by atoms with E-state index in [-0.39, 0.29) is 17.7 Å². The van der Waals surface area contributed by atoms with Crippen LogP contribution in [0.1, 0.15) is 17.2 Å². The van der Waals surface area contributed by atoms with Gasteiger partial charge in [-0.15, -0.1) is 0 Å². The number of nitrogens with zero attached hydrogens (tertiary/aromatic N) is 1. The fraction of sp³-hybridized carbons (Fsp3) is 0.200. The minimum atomic E-state index is -0.648. The SMILES string of the molecule is Cc1cc(F)ccc1C1N=C(N)NC1=O. The molecule has 0 spiro atoms. The lowest BCUT2D eigenvalue weighted by atomic mass is 10.0. The highest BCUT2D eigenvalue weighted by atomic mass is 19.1. The van der Waals surface area contributed by atoms with Gasteiger partial charge < -0.3 is 5.73 Å². The Hall–Kier alpha value is -1.91. The monoisotopic (exact) mass is 207 g/mol. The lowest BCUT2D eigenvalue weighted by Gasteiger charge is -2.08. The highest BCUT2D eigenvalue weighted by molar-refractivity contribution is 6.04. The number of hydrogen-bond acceptors (Lipinski definition) is 3. The number of rotatable bonds is 1. The quantitative estimate of drug-likeness (QED) is 0.708. The Morgan fingerprint density at radius 1 is 1.53 bits per heavy atom. The zero-order valence-corrected chi connectivity index (χ0v) is 8.12. The van der Waals surface area contributed by atoms with Gasteiger partial charge in [-0.05, 0) is 30.2 Å². The van der Waals surface area contributed by atoms with Crippen LogP contribution in [0.3, 0.4) is 0 Å². The van der Waals surface area contributed by atoms with Crippen molar-refractivity contribution in [3.8, 4) is 0 Å². The number of guanidine groups is 1. The van der Waals surface area contributed by atoms with Crippen molar-refractivity contribution in [2.45, 2.75) is 13.0 Å². The molecule has 0 bridgehead atoms. The normalized spacial score (nSPS) is 20.0. The topological polar surface area (TPSA) is 67.5 Å². The molecule has 0 saturated carbocycles. The first-order valence-corrected chi connectivity index (χ1v) is 4.48. The largest absolute Gasteiger partial charge is 0.370 e. The van der Waals surface area contributed by atoms with E-state index < -0.39 is 6.04 Å². The smallest absolute Gasteiger partial charge is 0.256 e. The Kier molecular flexibility index (Phi) is 2.15. The first kappa shape index (κ1) is 9.64. The van der Waals surface area contributed by atoms with Crippen molar-refractivity contribution >= 4 is 11.9 Å². The minimum absolute atomic E-state index is 0.105. The number of halogens is 1. The van der Waals surface area contributed by atoms with Crippen LogP contribution >= 0.6 is 0 Å². The van der Waals surface area contributed by atoms with E-state index in [9.17, 15) is 9.18 Å². The number of aryl methyl sites for hydroxylation is 1. The van der Waals surface area contributed by atoms with Gasteiger partial charge >= 0.3 is 0 Å². The number of benzene rings is 1. The van der Waals surface area contributed by atoms with Gasteiger partial charge in [-0.3, -0.25) is 10.1 Å². The molecule has 0 aromatic heterocycles. The number of carbonyl (C=O) groups is 1. The average Bonchev–Trinajstić information content (AvgIpc) is 2.45. The van der Waals surface area contributed by atoms with Crippen molar-refractivity contribution in [3.05, 3.63) is 35.1 Å². The van der Waals surface area contributed by atoms with Crippen LogP contribution in [0.4, 0.5) is 4.39 Å². The number of nitrogens with one attached hydrogen (secondary N) is 1. The van der Waals surface area contributed by atoms with Crippen LogP contribution in [-0.4, -0.2) is 11.9 Å². The minimum Gasteiger partial charge on any atom is -0.370 e. The molecule has 0 fully saturated rings. The molecule has 1 heterocycles. The molecule has 1 aromatic carbocycles. The molecular weight excluding hydrogens is 197 g/mol. The number of hydrogen-bond donors (Lipinski definition) is 2. The molecule has 78 valence electrons. The van der Waals surface area contributed by atoms with Crippen LogP contribution in [-0.2, 0) is 4.79 Å². The fourth-order valence-corrected chi connectivity index (χ4v) is 1.58. The summed E-state index contributed by atoms with van der Waals surface area (Å²) < 4.78 is 12.8. The van der Waals surface area contributed by atoms with Gasteiger partial charge in [0.1, 0.15) is 5.82 Å². The van der Waals surface area contributed by atoms with E-state index in [4.69, 9.17) is 5.73 Å². The van der Waals surface area contributed by atoms with Crippen LogP contribution < -0.4 is 11.1 Å². The van der Waals surface area contributed by atoms with Crippen molar-refractivity contribution in [3.63, 3.8) is 0 Å². The summed E-state index contributed by atoms with van der Waals surface area (Å²) in [6.07, 6.45) is 0. The first-order chi connectivity index (χ1) is 7.08. The lowest BCUT2D eigenvalue weighted by molar-refractivity contribution is -0.120. The Morgan fingerprint density at radius 2 is 2.27 bits per heavy atom. The van der Waals surface area contributed by atoms with Crippen LogP contribution in [0.15, 0.2) is 23.2 Å². The van der Waals surface area contributed by atoms with Gasteiger partial charge in [-0.2, -0.15) is 0 Å². The maximum absolute atomic E-state index is 12.8. The van der Waals surface area contributed by atoms with Gasteiger partial charge in [0, 0.05) is 0 Å². The summed E-state index contributed by atoms with van der Waals surface area (Å²) in [7, 11) is 0. The molecule has 3 N–H and O–H groups in total. The molecule has 0 aliphatic carbocycles. The predicted octanol–water partition coefficient (Wildman–Crippen LogP) is 0.620. The van der Waals surface area contributed by atoms with E-state index in [2.05, 4.69) is 10.3 Å². The van der Waals surface area contributed by atoms with Gasteiger partial charge in [0.05, 0.1) is 0 Å². The van der Waals surface area contributed by atoms with E-state index in [0.29, 0.717) is 11.1 Å². The number of carbonyl (C=O) groups excluding carboxylic acids is 1. The standard InChI is InChI=1S/C10H10FN3O/c1-5-4-6(11)2-3-7(5)8-9(15)14-10(12)13-8/h2-4,8H,1H3,(H3,12,13,14,15). The molecule has 1 aliphatic heterocycles. The second-order valence-electron chi connectivity index (χ2n) is 3.41. The molecule has 0 radical (unpaired) electrons. The van der Waals surface area contributed by atoms with Crippen molar-refractivity contribution in [1.82, 2.24) is 5.32 Å². The molecule has 1 aromatic rings. The van der Waals surface area contributed by atoms with E-state index in [0.717, 1.165) is 0 Å². The van der Waals surface area contributed by atoms with Crippen molar-refractivity contribution < 1.29 is 9.18 Å². The van der Waals surface area contributed by atoms with Crippen LogP contribution in [0, 0.1) is 12.7 Å². The average molecular weight is 207 g/mol. The van der Waals surface area contributed by atoms with E-state index in [1.165, 1.54) is 12.1 Å². The first-order valence-electron chi connectivity index (χ1n) is 4.48. The van der Waals surface area contributed by atoms with Gasteiger partial charge in [0.25, 0.3) is 5.91 Å². The highest BCUT2D eigenvalue weighted by Crippen LogP contribution is 2.24. The maximum Gasteiger partial charge on any atom is 0.256 e.